The first kappa shape index (κ1) is 11.5. The first-order valence-electron chi connectivity index (χ1n) is 4.98. The monoisotopic (exact) mass is 253 g/mol. The van der Waals surface area contributed by atoms with E-state index in [0.29, 0.717) is 6.42 Å². The zero-order valence-electron chi connectivity index (χ0n) is 8.85. The van der Waals surface area contributed by atoms with Crippen molar-refractivity contribution in [1.82, 2.24) is 9.97 Å². The summed E-state index contributed by atoms with van der Waals surface area (Å²) in [5.41, 5.74) is 6.62. The SMILES string of the molecule is CC(N)Cc1nccc(-c2ccc(Cl)s2)n1. The van der Waals surface area contributed by atoms with Gasteiger partial charge in [0.2, 0.25) is 0 Å². The highest BCUT2D eigenvalue weighted by Crippen LogP contribution is 2.29. The summed E-state index contributed by atoms with van der Waals surface area (Å²) in [6.45, 7) is 1.94. The van der Waals surface area contributed by atoms with Crippen molar-refractivity contribution in [3.8, 4) is 10.6 Å². The zero-order valence-corrected chi connectivity index (χ0v) is 10.4. The van der Waals surface area contributed by atoms with Gasteiger partial charge < -0.3 is 5.73 Å². The maximum atomic E-state index is 5.89. The topological polar surface area (TPSA) is 51.8 Å². The minimum absolute atomic E-state index is 0.0715. The van der Waals surface area contributed by atoms with E-state index in [1.807, 2.05) is 25.1 Å². The van der Waals surface area contributed by atoms with E-state index < -0.39 is 0 Å². The Kier molecular flexibility index (Phi) is 3.53. The van der Waals surface area contributed by atoms with Gasteiger partial charge in [0.1, 0.15) is 5.82 Å². The number of halogens is 1. The molecule has 3 nitrogen and oxygen atoms in total. The number of hydrogen-bond donors (Lipinski definition) is 1. The van der Waals surface area contributed by atoms with E-state index in [9.17, 15) is 0 Å². The molecule has 2 heterocycles. The van der Waals surface area contributed by atoms with Crippen molar-refractivity contribution >= 4 is 22.9 Å². The molecule has 0 fully saturated rings. The Hall–Kier alpha value is -0.970. The Morgan fingerprint density at radius 3 is 2.88 bits per heavy atom. The van der Waals surface area contributed by atoms with Crippen molar-refractivity contribution in [2.24, 2.45) is 5.73 Å². The summed E-state index contributed by atoms with van der Waals surface area (Å²) in [5, 5.41) is 0. The Labute approximate surface area is 103 Å². The first-order valence-corrected chi connectivity index (χ1v) is 6.18. The Balaban J connectivity index is 2.28. The van der Waals surface area contributed by atoms with Crippen LogP contribution in [0.2, 0.25) is 4.34 Å². The number of hydrogen-bond acceptors (Lipinski definition) is 4. The Morgan fingerprint density at radius 2 is 2.25 bits per heavy atom. The van der Waals surface area contributed by atoms with Gasteiger partial charge in [-0.25, -0.2) is 9.97 Å². The summed E-state index contributed by atoms with van der Waals surface area (Å²) in [4.78, 5) is 9.70. The maximum Gasteiger partial charge on any atom is 0.130 e. The molecule has 0 aliphatic carbocycles. The van der Waals surface area contributed by atoms with Crippen molar-refractivity contribution in [3.63, 3.8) is 0 Å². The van der Waals surface area contributed by atoms with Crippen LogP contribution in [0.4, 0.5) is 0 Å². The molecule has 0 aliphatic rings. The van der Waals surface area contributed by atoms with E-state index in [4.69, 9.17) is 17.3 Å². The third kappa shape index (κ3) is 2.78. The van der Waals surface area contributed by atoms with E-state index in [-0.39, 0.29) is 6.04 Å². The molecule has 16 heavy (non-hydrogen) atoms. The Morgan fingerprint density at radius 1 is 1.44 bits per heavy atom. The number of nitrogens with two attached hydrogens (primary N) is 1. The van der Waals surface area contributed by atoms with Gasteiger partial charge in [0.25, 0.3) is 0 Å². The third-order valence-electron chi connectivity index (χ3n) is 2.04. The molecule has 0 spiro atoms. The van der Waals surface area contributed by atoms with Crippen LogP contribution in [-0.4, -0.2) is 16.0 Å². The van der Waals surface area contributed by atoms with E-state index in [1.165, 1.54) is 11.3 Å². The summed E-state index contributed by atoms with van der Waals surface area (Å²) in [7, 11) is 0. The molecular weight excluding hydrogens is 242 g/mol. The van der Waals surface area contributed by atoms with E-state index >= 15 is 0 Å². The third-order valence-corrected chi connectivity index (χ3v) is 3.29. The molecule has 0 saturated heterocycles. The van der Waals surface area contributed by atoms with E-state index in [1.54, 1.807) is 6.20 Å². The van der Waals surface area contributed by atoms with Gasteiger partial charge in [-0.15, -0.1) is 11.3 Å². The fraction of sp³-hybridized carbons (Fsp3) is 0.273. The van der Waals surface area contributed by atoms with Gasteiger partial charge in [0, 0.05) is 18.7 Å². The molecule has 2 N–H and O–H groups in total. The molecule has 0 aliphatic heterocycles. The van der Waals surface area contributed by atoms with Gasteiger partial charge in [0.05, 0.1) is 14.9 Å². The molecule has 1 unspecified atom stereocenters. The van der Waals surface area contributed by atoms with Crippen molar-refractivity contribution < 1.29 is 0 Å². The molecule has 0 saturated carbocycles. The summed E-state index contributed by atoms with van der Waals surface area (Å²) in [6.07, 6.45) is 2.45. The van der Waals surface area contributed by atoms with Crippen LogP contribution < -0.4 is 5.73 Å². The summed E-state index contributed by atoms with van der Waals surface area (Å²) in [5.74, 6) is 0.775. The lowest BCUT2D eigenvalue weighted by molar-refractivity contribution is 0.702. The van der Waals surface area contributed by atoms with Crippen LogP contribution in [-0.2, 0) is 6.42 Å². The van der Waals surface area contributed by atoms with Crippen molar-refractivity contribution in [2.45, 2.75) is 19.4 Å². The predicted octanol–water partition coefficient (Wildman–Crippen LogP) is 2.75. The van der Waals surface area contributed by atoms with Crippen LogP contribution in [0.5, 0.6) is 0 Å². The lowest BCUT2D eigenvalue weighted by Crippen LogP contribution is -2.19. The van der Waals surface area contributed by atoms with Crippen molar-refractivity contribution in [2.75, 3.05) is 0 Å². The highest BCUT2D eigenvalue weighted by atomic mass is 35.5. The Bertz CT molecular complexity index is 482. The van der Waals surface area contributed by atoms with Crippen LogP contribution in [0.1, 0.15) is 12.7 Å². The molecule has 2 aromatic heterocycles. The maximum absolute atomic E-state index is 5.89. The highest BCUT2D eigenvalue weighted by Gasteiger charge is 2.06. The zero-order chi connectivity index (χ0) is 11.5. The lowest BCUT2D eigenvalue weighted by Gasteiger charge is -2.04. The smallest absolute Gasteiger partial charge is 0.130 e. The van der Waals surface area contributed by atoms with Crippen LogP contribution in [0.25, 0.3) is 10.6 Å². The van der Waals surface area contributed by atoms with Crippen molar-refractivity contribution in [1.29, 1.82) is 0 Å². The standard InChI is InChI=1S/C11H12ClN3S/c1-7(13)6-11-14-5-4-8(15-11)9-2-3-10(12)16-9/h2-5,7H,6,13H2,1H3. The van der Waals surface area contributed by atoms with Crippen LogP contribution in [0.3, 0.4) is 0 Å². The second-order valence-electron chi connectivity index (χ2n) is 3.64. The van der Waals surface area contributed by atoms with Gasteiger partial charge in [-0.3, -0.25) is 0 Å². The minimum atomic E-state index is 0.0715. The molecular formula is C11H12ClN3S. The largest absolute Gasteiger partial charge is 0.328 e. The van der Waals surface area contributed by atoms with Gasteiger partial charge in [-0.2, -0.15) is 0 Å². The number of nitrogens with zero attached hydrogens (tertiary/aromatic N) is 2. The molecule has 5 heteroatoms. The number of rotatable bonds is 3. The van der Waals surface area contributed by atoms with Crippen LogP contribution in [0, 0.1) is 0 Å². The average molecular weight is 254 g/mol. The molecule has 1 atom stereocenters. The summed E-state index contributed by atoms with van der Waals surface area (Å²) in [6, 6.07) is 5.79. The lowest BCUT2D eigenvalue weighted by atomic mass is 10.2. The highest BCUT2D eigenvalue weighted by molar-refractivity contribution is 7.19. The van der Waals surface area contributed by atoms with Crippen LogP contribution in [0.15, 0.2) is 24.4 Å². The molecule has 84 valence electrons. The fourth-order valence-corrected chi connectivity index (χ4v) is 2.39. The molecule has 0 radical (unpaired) electrons. The van der Waals surface area contributed by atoms with E-state index in [2.05, 4.69) is 9.97 Å². The molecule has 0 bridgehead atoms. The van der Waals surface area contributed by atoms with Crippen LogP contribution >= 0.6 is 22.9 Å². The normalized spacial score (nSPS) is 12.7. The van der Waals surface area contributed by atoms with Gasteiger partial charge in [0.15, 0.2) is 0 Å². The predicted molar refractivity (Wildman–Crippen MR) is 67.7 cm³/mol. The van der Waals surface area contributed by atoms with Gasteiger partial charge >= 0.3 is 0 Å². The molecule has 2 rings (SSSR count). The molecule has 0 amide bonds. The minimum Gasteiger partial charge on any atom is -0.328 e. The number of aromatic nitrogens is 2. The van der Waals surface area contributed by atoms with Gasteiger partial charge in [-0.05, 0) is 25.1 Å². The molecule has 2 aromatic rings. The van der Waals surface area contributed by atoms with E-state index in [0.717, 1.165) is 20.7 Å². The quantitative estimate of drug-likeness (QED) is 0.915. The number of thiophene rings is 1. The molecule has 0 aromatic carbocycles. The second-order valence-corrected chi connectivity index (χ2v) is 5.36. The fourth-order valence-electron chi connectivity index (χ4n) is 1.37. The summed E-state index contributed by atoms with van der Waals surface area (Å²) < 4.78 is 0.766. The average Bonchev–Trinajstić information content (AvgIpc) is 2.64. The first-order chi connectivity index (χ1) is 7.65. The summed E-state index contributed by atoms with van der Waals surface area (Å²) >= 11 is 7.40. The van der Waals surface area contributed by atoms with Crippen molar-refractivity contribution in [3.05, 3.63) is 34.6 Å². The van der Waals surface area contributed by atoms with Gasteiger partial charge in [-0.1, -0.05) is 11.6 Å². The second kappa shape index (κ2) is 4.91.